The Labute approximate surface area is 118 Å². The third kappa shape index (κ3) is 2.13. The first-order chi connectivity index (χ1) is 9.29. The van der Waals surface area contributed by atoms with E-state index in [2.05, 4.69) is 0 Å². The van der Waals surface area contributed by atoms with E-state index >= 15 is 0 Å². The van der Waals surface area contributed by atoms with E-state index in [0.717, 1.165) is 12.0 Å². The van der Waals surface area contributed by atoms with Crippen LogP contribution in [0.25, 0.3) is 0 Å². The summed E-state index contributed by atoms with van der Waals surface area (Å²) in [6, 6.07) is 7.32. The lowest BCUT2D eigenvalue weighted by Crippen LogP contribution is -2.40. The number of aryl methyl sites for hydroxylation is 1. The van der Waals surface area contributed by atoms with Crippen LogP contribution in [0.1, 0.15) is 30.9 Å². The number of benzene rings is 1. The van der Waals surface area contributed by atoms with Crippen molar-refractivity contribution in [3.8, 4) is 0 Å². The number of sulfone groups is 1. The SMILES string of the molecule is CCc1ccc([C@@H]2[C@H](S(=O)(=O)CC)[C@@]2(N)C(=O)O)cc1. The van der Waals surface area contributed by atoms with E-state index in [1.165, 1.54) is 6.92 Å². The second kappa shape index (κ2) is 4.86. The lowest BCUT2D eigenvalue weighted by molar-refractivity contribution is -0.139. The Morgan fingerprint density at radius 2 is 1.85 bits per heavy atom. The monoisotopic (exact) mass is 297 g/mol. The molecule has 2 rings (SSSR count). The fourth-order valence-electron chi connectivity index (χ4n) is 2.72. The number of rotatable bonds is 5. The molecule has 110 valence electrons. The maximum Gasteiger partial charge on any atom is 0.325 e. The van der Waals surface area contributed by atoms with Crippen LogP contribution in [-0.4, -0.2) is 36.0 Å². The van der Waals surface area contributed by atoms with Gasteiger partial charge in [-0.25, -0.2) is 8.42 Å². The number of carboxylic acid groups (broad SMARTS) is 1. The molecule has 1 saturated carbocycles. The number of nitrogens with two attached hydrogens (primary N) is 1. The molecule has 3 N–H and O–H groups in total. The number of carboxylic acids is 1. The first kappa shape index (κ1) is 15.0. The van der Waals surface area contributed by atoms with Gasteiger partial charge in [0.1, 0.15) is 5.54 Å². The fraction of sp³-hybridized carbons (Fsp3) is 0.500. The number of aliphatic carboxylic acids is 1. The van der Waals surface area contributed by atoms with Crippen molar-refractivity contribution in [2.45, 2.75) is 37.0 Å². The Morgan fingerprint density at radius 1 is 1.30 bits per heavy atom. The van der Waals surface area contributed by atoms with Crippen LogP contribution in [0.5, 0.6) is 0 Å². The summed E-state index contributed by atoms with van der Waals surface area (Å²) in [4.78, 5) is 11.4. The van der Waals surface area contributed by atoms with E-state index in [1.54, 1.807) is 12.1 Å². The van der Waals surface area contributed by atoms with Crippen molar-refractivity contribution in [1.82, 2.24) is 0 Å². The van der Waals surface area contributed by atoms with Gasteiger partial charge in [0.15, 0.2) is 9.84 Å². The molecule has 20 heavy (non-hydrogen) atoms. The molecule has 0 amide bonds. The van der Waals surface area contributed by atoms with Gasteiger partial charge in [0.05, 0.1) is 5.25 Å². The maximum absolute atomic E-state index is 12.0. The van der Waals surface area contributed by atoms with Gasteiger partial charge in [-0.1, -0.05) is 38.1 Å². The molecule has 1 aromatic carbocycles. The average Bonchev–Trinajstić information content (AvgIpc) is 3.08. The summed E-state index contributed by atoms with van der Waals surface area (Å²) in [7, 11) is -3.50. The Balaban J connectivity index is 2.41. The molecule has 0 saturated heterocycles. The molecule has 0 bridgehead atoms. The number of hydrogen-bond acceptors (Lipinski definition) is 4. The number of hydrogen-bond donors (Lipinski definition) is 2. The van der Waals surface area contributed by atoms with E-state index in [0.29, 0.717) is 5.56 Å². The summed E-state index contributed by atoms with van der Waals surface area (Å²) >= 11 is 0. The quantitative estimate of drug-likeness (QED) is 0.842. The van der Waals surface area contributed by atoms with Gasteiger partial charge in [0.25, 0.3) is 0 Å². The highest BCUT2D eigenvalue weighted by molar-refractivity contribution is 7.92. The second-order valence-electron chi connectivity index (χ2n) is 5.18. The maximum atomic E-state index is 12.0. The molecule has 1 aliphatic rings. The van der Waals surface area contributed by atoms with Crippen LogP contribution < -0.4 is 5.73 Å². The smallest absolute Gasteiger partial charge is 0.325 e. The third-order valence-electron chi connectivity index (χ3n) is 4.09. The zero-order chi connectivity index (χ0) is 15.1. The van der Waals surface area contributed by atoms with Crippen LogP contribution in [0, 0.1) is 0 Å². The van der Waals surface area contributed by atoms with Crippen molar-refractivity contribution < 1.29 is 18.3 Å². The first-order valence-electron chi connectivity index (χ1n) is 6.61. The molecule has 1 aliphatic carbocycles. The van der Waals surface area contributed by atoms with Crippen molar-refractivity contribution in [1.29, 1.82) is 0 Å². The lowest BCUT2D eigenvalue weighted by atomic mass is 10.0. The minimum atomic E-state index is -3.50. The predicted octanol–water partition coefficient (Wildman–Crippen LogP) is 0.932. The molecule has 1 aromatic rings. The van der Waals surface area contributed by atoms with Crippen molar-refractivity contribution in [2.24, 2.45) is 5.73 Å². The zero-order valence-corrected chi connectivity index (χ0v) is 12.4. The van der Waals surface area contributed by atoms with Gasteiger partial charge in [0, 0.05) is 11.7 Å². The standard InChI is InChI=1S/C14H19NO4S/c1-3-9-5-7-10(8-6-9)11-12(20(18,19)4-2)14(11,15)13(16)17/h5-8,11-12H,3-4,15H2,1-2H3,(H,16,17)/t11-,12+,14-/m1/s1. The van der Waals surface area contributed by atoms with Crippen molar-refractivity contribution in [2.75, 3.05) is 5.75 Å². The zero-order valence-electron chi connectivity index (χ0n) is 11.5. The topological polar surface area (TPSA) is 97.5 Å². The molecule has 0 radical (unpaired) electrons. The average molecular weight is 297 g/mol. The summed E-state index contributed by atoms with van der Waals surface area (Å²) in [6.45, 7) is 3.52. The van der Waals surface area contributed by atoms with Crippen LogP contribution in [0.15, 0.2) is 24.3 Å². The molecule has 0 heterocycles. The minimum Gasteiger partial charge on any atom is -0.480 e. The van der Waals surface area contributed by atoms with Gasteiger partial charge in [-0.3, -0.25) is 4.79 Å². The van der Waals surface area contributed by atoms with Crippen molar-refractivity contribution >= 4 is 15.8 Å². The highest BCUT2D eigenvalue weighted by atomic mass is 32.2. The van der Waals surface area contributed by atoms with E-state index in [-0.39, 0.29) is 5.75 Å². The van der Waals surface area contributed by atoms with Gasteiger partial charge in [-0.2, -0.15) is 0 Å². The Bertz CT molecular complexity index is 623. The van der Waals surface area contributed by atoms with Gasteiger partial charge < -0.3 is 10.8 Å². The largest absolute Gasteiger partial charge is 0.480 e. The van der Waals surface area contributed by atoms with Crippen LogP contribution >= 0.6 is 0 Å². The highest BCUT2D eigenvalue weighted by Gasteiger charge is 2.73. The minimum absolute atomic E-state index is 0.104. The summed E-state index contributed by atoms with van der Waals surface area (Å²) in [6.07, 6.45) is 0.869. The normalized spacial score (nSPS) is 29.1. The molecular formula is C14H19NO4S. The summed E-state index contributed by atoms with van der Waals surface area (Å²) in [5.74, 6) is -2.03. The highest BCUT2D eigenvalue weighted by Crippen LogP contribution is 2.54. The number of carbonyl (C=O) groups is 1. The summed E-state index contributed by atoms with van der Waals surface area (Å²) in [5.41, 5.74) is 5.95. The first-order valence-corrected chi connectivity index (χ1v) is 8.33. The third-order valence-corrected chi connectivity index (χ3v) is 6.33. The molecule has 0 unspecified atom stereocenters. The van der Waals surface area contributed by atoms with Crippen molar-refractivity contribution in [3.63, 3.8) is 0 Å². The Kier molecular flexibility index (Phi) is 3.64. The molecule has 5 nitrogen and oxygen atoms in total. The molecule has 0 spiro atoms. The van der Waals surface area contributed by atoms with E-state index in [1.807, 2.05) is 19.1 Å². The molecule has 3 atom stereocenters. The van der Waals surface area contributed by atoms with E-state index in [9.17, 15) is 18.3 Å². The van der Waals surface area contributed by atoms with Gasteiger partial charge in [-0.05, 0) is 17.5 Å². The van der Waals surface area contributed by atoms with E-state index in [4.69, 9.17) is 5.73 Å². The molecule has 0 aromatic heterocycles. The van der Waals surface area contributed by atoms with Crippen LogP contribution in [0.3, 0.4) is 0 Å². The fourth-order valence-corrected chi connectivity index (χ4v) is 4.64. The van der Waals surface area contributed by atoms with Crippen LogP contribution in [0.2, 0.25) is 0 Å². The van der Waals surface area contributed by atoms with Gasteiger partial charge in [-0.15, -0.1) is 0 Å². The predicted molar refractivity (Wildman–Crippen MR) is 76.4 cm³/mol. The van der Waals surface area contributed by atoms with Gasteiger partial charge >= 0.3 is 5.97 Å². The van der Waals surface area contributed by atoms with Crippen molar-refractivity contribution in [3.05, 3.63) is 35.4 Å². The Morgan fingerprint density at radius 3 is 2.25 bits per heavy atom. The van der Waals surface area contributed by atoms with E-state index < -0.39 is 32.5 Å². The van der Waals surface area contributed by atoms with Crippen LogP contribution in [-0.2, 0) is 21.1 Å². The molecule has 0 aliphatic heterocycles. The molecule has 6 heteroatoms. The lowest BCUT2D eigenvalue weighted by Gasteiger charge is -2.05. The summed E-state index contributed by atoms with van der Waals surface area (Å²) < 4.78 is 24.1. The molecular weight excluding hydrogens is 278 g/mol. The van der Waals surface area contributed by atoms with Crippen LogP contribution in [0.4, 0.5) is 0 Å². The second-order valence-corrected chi connectivity index (χ2v) is 7.59. The summed E-state index contributed by atoms with van der Waals surface area (Å²) in [5, 5.41) is 8.25. The molecule has 1 fully saturated rings. The van der Waals surface area contributed by atoms with Gasteiger partial charge in [0.2, 0.25) is 0 Å². The Hall–Kier alpha value is -1.40.